The van der Waals surface area contributed by atoms with E-state index < -0.39 is 0 Å². The minimum atomic E-state index is 0.731. The van der Waals surface area contributed by atoms with Gasteiger partial charge in [-0.3, -0.25) is 0 Å². The van der Waals surface area contributed by atoms with Crippen molar-refractivity contribution in [2.24, 2.45) is 0 Å². The number of allylic oxidation sites excluding steroid dienone is 3. The van der Waals surface area contributed by atoms with E-state index in [0.717, 1.165) is 14.0 Å². The van der Waals surface area contributed by atoms with Gasteiger partial charge in [0.25, 0.3) is 0 Å². The highest BCUT2D eigenvalue weighted by molar-refractivity contribution is 8.05. The van der Waals surface area contributed by atoms with E-state index >= 15 is 0 Å². The van der Waals surface area contributed by atoms with E-state index in [1.807, 2.05) is 18.2 Å². The Morgan fingerprint density at radius 2 is 2.29 bits per heavy atom. The highest BCUT2D eigenvalue weighted by atomic mass is 32.2. The molecular weight excluding hydrogens is 210 g/mol. The standard InChI is InChI=1S/C11H9NS2/c1-3-5-9(4-2)13-11-7-6-10(8-12)14-11/h3-7H,1-2H2/b9-5+. The summed E-state index contributed by atoms with van der Waals surface area (Å²) in [4.78, 5) is 1.76. The van der Waals surface area contributed by atoms with Gasteiger partial charge in [-0.05, 0) is 18.2 Å². The summed E-state index contributed by atoms with van der Waals surface area (Å²) in [5, 5.41) is 8.65. The molecule has 0 amide bonds. The number of hydrogen-bond donors (Lipinski definition) is 0. The van der Waals surface area contributed by atoms with Crippen LogP contribution in [0.2, 0.25) is 0 Å². The Labute approximate surface area is 92.1 Å². The third-order valence-electron chi connectivity index (χ3n) is 1.39. The smallest absolute Gasteiger partial charge is 0.110 e. The van der Waals surface area contributed by atoms with Gasteiger partial charge in [-0.1, -0.05) is 37.1 Å². The summed E-state index contributed by atoms with van der Waals surface area (Å²) in [6, 6.07) is 5.87. The molecular formula is C11H9NS2. The van der Waals surface area contributed by atoms with Gasteiger partial charge < -0.3 is 0 Å². The maximum atomic E-state index is 8.65. The lowest BCUT2D eigenvalue weighted by atomic mass is 10.5. The normalized spacial score (nSPS) is 10.6. The first kappa shape index (κ1) is 10.8. The molecule has 14 heavy (non-hydrogen) atoms. The number of thiophene rings is 1. The van der Waals surface area contributed by atoms with Crippen molar-refractivity contribution in [2.45, 2.75) is 4.21 Å². The highest BCUT2D eigenvalue weighted by Crippen LogP contribution is 2.32. The Kier molecular flexibility index (Phi) is 4.24. The summed E-state index contributed by atoms with van der Waals surface area (Å²) in [7, 11) is 0. The van der Waals surface area contributed by atoms with Crippen molar-refractivity contribution in [3.63, 3.8) is 0 Å². The van der Waals surface area contributed by atoms with Crippen molar-refractivity contribution in [2.75, 3.05) is 0 Å². The van der Waals surface area contributed by atoms with Crippen LogP contribution in [-0.2, 0) is 0 Å². The summed E-state index contributed by atoms with van der Waals surface area (Å²) >= 11 is 3.07. The van der Waals surface area contributed by atoms with Gasteiger partial charge in [0.2, 0.25) is 0 Å². The number of rotatable bonds is 4. The largest absolute Gasteiger partial charge is 0.192 e. The molecule has 3 heteroatoms. The molecule has 0 aromatic carbocycles. The Hall–Kier alpha value is -1.24. The van der Waals surface area contributed by atoms with Gasteiger partial charge in [-0.15, -0.1) is 11.3 Å². The lowest BCUT2D eigenvalue weighted by Crippen LogP contribution is -1.66. The van der Waals surface area contributed by atoms with Crippen molar-refractivity contribution < 1.29 is 0 Å². The van der Waals surface area contributed by atoms with E-state index in [-0.39, 0.29) is 0 Å². The van der Waals surface area contributed by atoms with Crippen LogP contribution in [-0.4, -0.2) is 0 Å². The molecule has 0 bridgehead atoms. The van der Waals surface area contributed by atoms with Crippen molar-refractivity contribution in [3.8, 4) is 6.07 Å². The van der Waals surface area contributed by atoms with Gasteiger partial charge in [0, 0.05) is 4.91 Å². The first-order chi connectivity index (χ1) is 6.80. The Balaban J connectivity index is 2.78. The summed E-state index contributed by atoms with van der Waals surface area (Å²) in [5.41, 5.74) is 0. The van der Waals surface area contributed by atoms with Crippen LogP contribution in [0.1, 0.15) is 4.88 Å². The fraction of sp³-hybridized carbons (Fsp3) is 0. The lowest BCUT2D eigenvalue weighted by Gasteiger charge is -1.95. The molecule has 0 aliphatic carbocycles. The zero-order valence-corrected chi connectivity index (χ0v) is 9.20. The van der Waals surface area contributed by atoms with E-state index in [0.29, 0.717) is 0 Å². The maximum Gasteiger partial charge on any atom is 0.110 e. The topological polar surface area (TPSA) is 23.8 Å². The highest BCUT2D eigenvalue weighted by Gasteiger charge is 2.00. The predicted octanol–water partition coefficient (Wildman–Crippen LogP) is 3.97. The summed E-state index contributed by atoms with van der Waals surface area (Å²) < 4.78 is 1.09. The molecule has 0 N–H and O–H groups in total. The second-order valence-corrected chi connectivity index (χ2v) is 4.80. The van der Waals surface area contributed by atoms with E-state index in [2.05, 4.69) is 19.2 Å². The Morgan fingerprint density at radius 3 is 2.79 bits per heavy atom. The first-order valence-corrected chi connectivity index (χ1v) is 5.56. The molecule has 0 aliphatic heterocycles. The quantitative estimate of drug-likeness (QED) is 0.565. The third-order valence-corrected chi connectivity index (χ3v) is 3.55. The minimum Gasteiger partial charge on any atom is -0.192 e. The van der Waals surface area contributed by atoms with Crippen molar-refractivity contribution in [1.82, 2.24) is 0 Å². The van der Waals surface area contributed by atoms with Gasteiger partial charge in [-0.2, -0.15) is 5.26 Å². The van der Waals surface area contributed by atoms with E-state index in [1.54, 1.807) is 23.9 Å². The molecule has 1 nitrogen and oxygen atoms in total. The van der Waals surface area contributed by atoms with E-state index in [9.17, 15) is 0 Å². The molecule has 70 valence electrons. The molecule has 0 spiro atoms. The fourth-order valence-electron chi connectivity index (χ4n) is 0.811. The SMILES string of the molecule is C=C/C=C(\C=C)Sc1ccc(C#N)s1. The Bertz CT molecular complexity index is 407. The van der Waals surface area contributed by atoms with Crippen molar-refractivity contribution >= 4 is 23.1 Å². The van der Waals surface area contributed by atoms with Crippen LogP contribution >= 0.6 is 23.1 Å². The molecule has 0 fully saturated rings. The zero-order valence-electron chi connectivity index (χ0n) is 7.56. The second kappa shape index (κ2) is 5.48. The van der Waals surface area contributed by atoms with E-state index in [4.69, 9.17) is 5.26 Å². The second-order valence-electron chi connectivity index (χ2n) is 2.34. The van der Waals surface area contributed by atoms with Crippen LogP contribution in [0.4, 0.5) is 0 Å². The van der Waals surface area contributed by atoms with Gasteiger partial charge in [0.05, 0.1) is 4.21 Å². The molecule has 1 rings (SSSR count). The minimum absolute atomic E-state index is 0.731. The molecule has 0 atom stereocenters. The average Bonchev–Trinajstić information content (AvgIpc) is 2.65. The predicted molar refractivity (Wildman–Crippen MR) is 63.4 cm³/mol. The Morgan fingerprint density at radius 1 is 1.50 bits per heavy atom. The van der Waals surface area contributed by atoms with Gasteiger partial charge in [0.1, 0.15) is 10.9 Å². The van der Waals surface area contributed by atoms with Crippen molar-refractivity contribution in [3.05, 3.63) is 53.3 Å². The van der Waals surface area contributed by atoms with E-state index in [1.165, 1.54) is 11.3 Å². The van der Waals surface area contributed by atoms with Gasteiger partial charge >= 0.3 is 0 Å². The number of hydrogen-bond acceptors (Lipinski definition) is 3. The van der Waals surface area contributed by atoms with Crippen LogP contribution < -0.4 is 0 Å². The van der Waals surface area contributed by atoms with Crippen molar-refractivity contribution in [1.29, 1.82) is 5.26 Å². The summed E-state index contributed by atoms with van der Waals surface area (Å²) in [5.74, 6) is 0. The number of nitrogens with zero attached hydrogens (tertiary/aromatic N) is 1. The summed E-state index contributed by atoms with van der Waals surface area (Å²) in [6.45, 7) is 7.33. The van der Waals surface area contributed by atoms with Crippen LogP contribution in [0.15, 0.2) is 52.6 Å². The lowest BCUT2D eigenvalue weighted by molar-refractivity contribution is 1.52. The number of nitriles is 1. The molecule has 1 aromatic rings. The molecule has 0 radical (unpaired) electrons. The fourth-order valence-corrected chi connectivity index (χ4v) is 2.69. The monoisotopic (exact) mass is 219 g/mol. The molecule has 1 aromatic heterocycles. The van der Waals surface area contributed by atoms with Crippen LogP contribution in [0, 0.1) is 11.3 Å². The van der Waals surface area contributed by atoms with Crippen LogP contribution in [0.25, 0.3) is 0 Å². The van der Waals surface area contributed by atoms with Gasteiger partial charge in [0.15, 0.2) is 0 Å². The number of thioether (sulfide) groups is 1. The zero-order chi connectivity index (χ0) is 10.4. The van der Waals surface area contributed by atoms with Crippen LogP contribution in [0.3, 0.4) is 0 Å². The molecule has 0 saturated carbocycles. The molecule has 0 aliphatic rings. The maximum absolute atomic E-state index is 8.65. The molecule has 0 saturated heterocycles. The average molecular weight is 219 g/mol. The third kappa shape index (κ3) is 2.91. The molecule has 1 heterocycles. The summed E-state index contributed by atoms with van der Waals surface area (Å²) in [6.07, 6.45) is 5.39. The first-order valence-electron chi connectivity index (χ1n) is 3.93. The van der Waals surface area contributed by atoms with Crippen LogP contribution in [0.5, 0.6) is 0 Å². The van der Waals surface area contributed by atoms with Gasteiger partial charge in [-0.25, -0.2) is 0 Å². The molecule has 0 unspecified atom stereocenters.